The van der Waals surface area contributed by atoms with Crippen LogP contribution in [0, 0.1) is 5.82 Å². The summed E-state index contributed by atoms with van der Waals surface area (Å²) in [6.45, 7) is 7.68. The zero-order chi connectivity index (χ0) is 21.9. The zero-order valence-electron chi connectivity index (χ0n) is 17.5. The van der Waals surface area contributed by atoms with Crippen molar-refractivity contribution in [3.63, 3.8) is 0 Å². The van der Waals surface area contributed by atoms with Crippen LogP contribution >= 0.6 is 0 Å². The number of halogens is 1. The molecule has 30 heavy (non-hydrogen) atoms. The third-order valence-corrected chi connectivity index (χ3v) is 4.34. The van der Waals surface area contributed by atoms with Crippen molar-refractivity contribution in [2.45, 2.75) is 33.2 Å². The summed E-state index contributed by atoms with van der Waals surface area (Å²) in [5, 5.41) is 15.7. The third kappa shape index (κ3) is 4.40. The quantitative estimate of drug-likeness (QED) is 0.297. The Hall–Kier alpha value is -3.48. The Labute approximate surface area is 174 Å². The fourth-order valence-electron chi connectivity index (χ4n) is 3.04. The molecule has 156 valence electrons. The molecule has 1 heterocycles. The number of ether oxygens (including phenoxy) is 1. The minimum atomic E-state index is -0.663. The van der Waals surface area contributed by atoms with Gasteiger partial charge in [-0.3, -0.25) is 0 Å². The molecule has 0 aliphatic rings. The summed E-state index contributed by atoms with van der Waals surface area (Å²) in [6.07, 6.45) is 1.03. The molecular weight excluding hydrogens is 385 g/mol. The second-order valence-corrected chi connectivity index (χ2v) is 7.69. The molecule has 0 bridgehead atoms. The highest BCUT2D eigenvalue weighted by Crippen LogP contribution is 2.25. The summed E-state index contributed by atoms with van der Waals surface area (Å²) in [4.78, 5) is 12.0. The number of hydrogen-bond donors (Lipinski definition) is 1. The molecule has 3 aromatic rings. The Morgan fingerprint density at radius 2 is 1.80 bits per heavy atom. The first-order valence-corrected chi connectivity index (χ1v) is 9.67. The maximum Gasteiger partial charge on any atom is 0.334 e. The summed E-state index contributed by atoms with van der Waals surface area (Å²) in [5.74, 6) is -0.528. The molecule has 0 fully saturated rings. The van der Waals surface area contributed by atoms with E-state index in [1.807, 2.05) is 51.1 Å². The van der Waals surface area contributed by atoms with Gasteiger partial charge in [0.1, 0.15) is 17.0 Å². The molecule has 0 unspecified atom stereocenters. The van der Waals surface area contributed by atoms with Crippen LogP contribution in [0.3, 0.4) is 0 Å². The van der Waals surface area contributed by atoms with E-state index >= 15 is 0 Å². The first-order valence-electron chi connectivity index (χ1n) is 9.67. The van der Waals surface area contributed by atoms with E-state index in [1.165, 1.54) is 12.1 Å². The Bertz CT molecular complexity index is 1070. The van der Waals surface area contributed by atoms with Crippen molar-refractivity contribution in [2.24, 2.45) is 0 Å². The van der Waals surface area contributed by atoms with E-state index in [9.17, 15) is 14.3 Å². The molecule has 2 aromatic carbocycles. The second kappa shape index (κ2) is 8.49. The van der Waals surface area contributed by atoms with Gasteiger partial charge in [-0.15, -0.1) is 0 Å². The van der Waals surface area contributed by atoms with Crippen LogP contribution in [0.5, 0.6) is 0 Å². The van der Waals surface area contributed by atoms with Gasteiger partial charge in [0, 0.05) is 5.10 Å². The monoisotopic (exact) mass is 410 g/mol. The fraction of sp³-hybridized carbons (Fsp3) is 0.261. The molecule has 0 saturated heterocycles. The van der Waals surface area contributed by atoms with Crippen molar-refractivity contribution in [1.82, 2.24) is 9.78 Å². The highest BCUT2D eigenvalue weighted by Gasteiger charge is 2.37. The average Bonchev–Trinajstić information content (AvgIpc) is 3.10. The Balaban J connectivity index is 2.36. The number of benzene rings is 2. The van der Waals surface area contributed by atoms with E-state index in [0.717, 1.165) is 11.6 Å². The van der Waals surface area contributed by atoms with Crippen LogP contribution in [0.15, 0.2) is 60.7 Å². The van der Waals surface area contributed by atoms with E-state index in [-0.39, 0.29) is 24.0 Å². The van der Waals surface area contributed by atoms with Gasteiger partial charge in [0.05, 0.1) is 18.2 Å². The van der Waals surface area contributed by atoms with Gasteiger partial charge in [-0.25, -0.2) is 9.18 Å². The van der Waals surface area contributed by atoms with E-state index in [1.54, 1.807) is 28.3 Å². The van der Waals surface area contributed by atoms with Crippen LogP contribution in [0.1, 0.15) is 33.5 Å². The number of nitrogens with zero attached hydrogens (tertiary/aromatic N) is 3. The lowest BCUT2D eigenvalue weighted by atomic mass is 10.1. The first-order chi connectivity index (χ1) is 14.2. The number of aliphatic hydroxyl groups is 1. The van der Waals surface area contributed by atoms with E-state index in [4.69, 9.17) is 9.84 Å². The van der Waals surface area contributed by atoms with Gasteiger partial charge < -0.3 is 9.84 Å². The van der Waals surface area contributed by atoms with Gasteiger partial charge in [-0.2, -0.15) is 4.57 Å². The molecule has 1 aromatic heterocycles. The van der Waals surface area contributed by atoms with Crippen LogP contribution in [0.25, 0.3) is 22.8 Å². The number of esters is 1. The number of carbonyl (C=O) groups is 1. The summed E-state index contributed by atoms with van der Waals surface area (Å²) in [7, 11) is 0. The second-order valence-electron chi connectivity index (χ2n) is 7.69. The molecule has 0 amide bonds. The van der Waals surface area contributed by atoms with Crippen LogP contribution in [-0.2, 0) is 15.1 Å². The lowest BCUT2D eigenvalue weighted by Crippen LogP contribution is -2.38. The van der Waals surface area contributed by atoms with E-state index in [0.29, 0.717) is 11.5 Å². The predicted molar refractivity (Wildman–Crippen MR) is 111 cm³/mol. The summed E-state index contributed by atoms with van der Waals surface area (Å²) in [6, 6.07) is 15.3. The van der Waals surface area contributed by atoms with Crippen molar-refractivity contribution < 1.29 is 23.6 Å². The highest BCUT2D eigenvalue weighted by atomic mass is 19.1. The third-order valence-electron chi connectivity index (χ3n) is 4.34. The summed E-state index contributed by atoms with van der Waals surface area (Å²) in [5.41, 5.74) is 0.861. The van der Waals surface area contributed by atoms with Crippen molar-refractivity contribution in [3.05, 3.63) is 72.3 Å². The van der Waals surface area contributed by atoms with Gasteiger partial charge in [0.2, 0.25) is 0 Å². The largest absolute Gasteiger partial charge is 0.502 e. The molecular formula is C23H25FN3O3+. The van der Waals surface area contributed by atoms with Crippen LogP contribution < -0.4 is 4.57 Å². The predicted octanol–water partition coefficient (Wildman–Crippen LogP) is 4.18. The van der Waals surface area contributed by atoms with Gasteiger partial charge in [-0.05, 0) is 64.1 Å². The molecule has 0 atom stereocenters. The molecule has 7 heteroatoms. The van der Waals surface area contributed by atoms with Crippen LogP contribution in [-0.4, -0.2) is 27.5 Å². The maximum absolute atomic E-state index is 13.6. The van der Waals surface area contributed by atoms with Gasteiger partial charge >= 0.3 is 17.6 Å². The normalized spacial score (nSPS) is 12.1. The minimum absolute atomic E-state index is 0.189. The number of carbonyl (C=O) groups excluding carboxylic acids is 1. The molecule has 0 aliphatic heterocycles. The van der Waals surface area contributed by atoms with Crippen molar-refractivity contribution in [3.8, 4) is 17.1 Å². The molecule has 1 N–H and O–H groups in total. The van der Waals surface area contributed by atoms with E-state index in [2.05, 4.69) is 0 Å². The fourth-order valence-corrected chi connectivity index (χ4v) is 3.04. The van der Waals surface area contributed by atoms with Gasteiger partial charge in [0.25, 0.3) is 0 Å². The smallest absolute Gasteiger partial charge is 0.334 e. The zero-order valence-corrected chi connectivity index (χ0v) is 17.5. The van der Waals surface area contributed by atoms with Gasteiger partial charge in [0.15, 0.2) is 5.76 Å². The SMILES string of the molecule is CCOC(=O)/C=C(\O)c1n(C(C)(C)C)nc(-c2ccccc2)[n+]1-c1ccc(F)cc1. The lowest BCUT2D eigenvalue weighted by molar-refractivity contribution is -0.589. The lowest BCUT2D eigenvalue weighted by Gasteiger charge is -2.14. The number of hydrogen-bond acceptors (Lipinski definition) is 4. The van der Waals surface area contributed by atoms with Crippen LogP contribution in [0.2, 0.25) is 0 Å². The molecule has 0 saturated carbocycles. The first kappa shape index (κ1) is 21.2. The Morgan fingerprint density at radius 1 is 1.17 bits per heavy atom. The summed E-state index contributed by atoms with van der Waals surface area (Å²) < 4.78 is 21.9. The van der Waals surface area contributed by atoms with Crippen LogP contribution in [0.4, 0.5) is 4.39 Å². The standard InChI is InChI=1S/C23H24FN3O3/c1-5-30-20(29)15-19(28)22-26(18-13-11-17(24)12-14-18)21(16-9-7-6-8-10-16)25-27(22)23(2,3)4/h6-15H,5H2,1-4H3/p+1. The van der Waals surface area contributed by atoms with Crippen molar-refractivity contribution in [1.29, 1.82) is 0 Å². The number of aromatic nitrogens is 3. The number of rotatable bonds is 5. The topological polar surface area (TPSA) is 68.2 Å². The maximum atomic E-state index is 13.6. The Morgan fingerprint density at radius 3 is 2.37 bits per heavy atom. The Kier molecular flexibility index (Phi) is 6.01. The molecule has 6 nitrogen and oxygen atoms in total. The molecule has 0 aliphatic carbocycles. The molecule has 0 spiro atoms. The summed E-state index contributed by atoms with van der Waals surface area (Å²) >= 11 is 0. The molecule has 0 radical (unpaired) electrons. The van der Waals surface area contributed by atoms with E-state index < -0.39 is 11.5 Å². The van der Waals surface area contributed by atoms with Crippen molar-refractivity contribution in [2.75, 3.05) is 6.61 Å². The number of aliphatic hydroxyl groups excluding tert-OH is 1. The van der Waals surface area contributed by atoms with Gasteiger partial charge in [-0.1, -0.05) is 22.9 Å². The minimum Gasteiger partial charge on any atom is -0.502 e. The van der Waals surface area contributed by atoms with Crippen molar-refractivity contribution >= 4 is 11.7 Å². The highest BCUT2D eigenvalue weighted by molar-refractivity contribution is 5.88. The molecule has 3 rings (SSSR count). The average molecular weight is 410 g/mol.